The van der Waals surface area contributed by atoms with E-state index in [-0.39, 0.29) is 11.5 Å². The van der Waals surface area contributed by atoms with Crippen LogP contribution in [0.3, 0.4) is 0 Å². The second-order valence-corrected chi connectivity index (χ2v) is 4.67. The lowest BCUT2D eigenvalue weighted by Gasteiger charge is -2.00. The molecular formula is C10H8BrFN2O. The molecule has 0 amide bonds. The predicted octanol–water partition coefficient (Wildman–Crippen LogP) is 2.57. The molecule has 5 heteroatoms. The highest BCUT2D eigenvalue weighted by atomic mass is 79.9. The van der Waals surface area contributed by atoms with Crippen molar-refractivity contribution in [3.8, 4) is 0 Å². The van der Waals surface area contributed by atoms with Crippen molar-refractivity contribution in [2.75, 3.05) is 0 Å². The van der Waals surface area contributed by atoms with Gasteiger partial charge in [-0.1, -0.05) is 0 Å². The van der Waals surface area contributed by atoms with Crippen LogP contribution in [-0.2, 0) is 0 Å². The van der Waals surface area contributed by atoms with Gasteiger partial charge >= 0.3 is 5.69 Å². The zero-order valence-electron chi connectivity index (χ0n) is 7.76. The summed E-state index contributed by atoms with van der Waals surface area (Å²) >= 11 is 3.13. The van der Waals surface area contributed by atoms with Gasteiger partial charge in [0.2, 0.25) is 0 Å². The minimum Gasteiger partial charge on any atom is -0.305 e. The molecule has 1 aromatic carbocycles. The second-order valence-electron chi connectivity index (χ2n) is 3.81. The Morgan fingerprint density at radius 1 is 1.47 bits per heavy atom. The van der Waals surface area contributed by atoms with Crippen molar-refractivity contribution in [1.82, 2.24) is 9.55 Å². The zero-order valence-corrected chi connectivity index (χ0v) is 9.34. The highest BCUT2D eigenvalue weighted by Crippen LogP contribution is 2.36. The van der Waals surface area contributed by atoms with Crippen LogP contribution in [0.5, 0.6) is 0 Å². The van der Waals surface area contributed by atoms with Crippen LogP contribution in [0.15, 0.2) is 21.4 Å². The summed E-state index contributed by atoms with van der Waals surface area (Å²) in [6.07, 6.45) is 2.06. The number of benzene rings is 1. The topological polar surface area (TPSA) is 37.8 Å². The first-order chi connectivity index (χ1) is 7.16. The molecule has 1 saturated carbocycles. The van der Waals surface area contributed by atoms with Crippen molar-refractivity contribution in [3.63, 3.8) is 0 Å². The highest BCUT2D eigenvalue weighted by Gasteiger charge is 2.27. The van der Waals surface area contributed by atoms with Gasteiger partial charge in [0.25, 0.3) is 0 Å². The van der Waals surface area contributed by atoms with Crippen LogP contribution >= 0.6 is 15.9 Å². The van der Waals surface area contributed by atoms with E-state index in [1.807, 2.05) is 0 Å². The van der Waals surface area contributed by atoms with Gasteiger partial charge in [0.1, 0.15) is 5.82 Å². The number of imidazole rings is 1. The average Bonchev–Trinajstić information content (AvgIpc) is 2.93. The molecule has 0 saturated heterocycles. The molecule has 0 aliphatic heterocycles. The van der Waals surface area contributed by atoms with Crippen LogP contribution in [0.1, 0.15) is 18.9 Å². The van der Waals surface area contributed by atoms with Crippen molar-refractivity contribution in [1.29, 1.82) is 0 Å². The zero-order chi connectivity index (χ0) is 10.6. The molecule has 1 aliphatic carbocycles. The van der Waals surface area contributed by atoms with Gasteiger partial charge in [0.05, 0.1) is 15.5 Å². The fourth-order valence-electron chi connectivity index (χ4n) is 1.82. The molecule has 0 radical (unpaired) electrons. The minimum absolute atomic E-state index is 0.148. The Morgan fingerprint density at radius 3 is 2.87 bits per heavy atom. The Balaban J connectivity index is 2.39. The third kappa shape index (κ3) is 1.33. The fourth-order valence-corrected chi connectivity index (χ4v) is 2.15. The maximum absolute atomic E-state index is 13.2. The fraction of sp³-hybridized carbons (Fsp3) is 0.300. The number of nitrogens with one attached hydrogen (secondary N) is 1. The quantitative estimate of drug-likeness (QED) is 0.850. The molecule has 1 fully saturated rings. The number of aromatic nitrogens is 2. The maximum atomic E-state index is 13.2. The molecule has 2 aromatic rings. The van der Waals surface area contributed by atoms with E-state index < -0.39 is 0 Å². The van der Waals surface area contributed by atoms with Gasteiger partial charge < -0.3 is 4.98 Å². The molecule has 0 bridgehead atoms. The Bertz CT molecular complexity index is 597. The number of aromatic amines is 1. The van der Waals surface area contributed by atoms with Gasteiger partial charge in [-0.15, -0.1) is 0 Å². The molecule has 3 nitrogen and oxygen atoms in total. The predicted molar refractivity (Wildman–Crippen MR) is 58.5 cm³/mol. The van der Waals surface area contributed by atoms with E-state index in [1.54, 1.807) is 10.6 Å². The Kier molecular flexibility index (Phi) is 1.80. The van der Waals surface area contributed by atoms with Gasteiger partial charge in [-0.05, 0) is 34.8 Å². The molecule has 0 spiro atoms. The molecule has 3 rings (SSSR count). The van der Waals surface area contributed by atoms with Crippen LogP contribution < -0.4 is 5.69 Å². The van der Waals surface area contributed by atoms with E-state index >= 15 is 0 Å². The Morgan fingerprint density at radius 2 is 2.20 bits per heavy atom. The lowest BCUT2D eigenvalue weighted by Crippen LogP contribution is -2.14. The van der Waals surface area contributed by atoms with Gasteiger partial charge in [0.15, 0.2) is 0 Å². The van der Waals surface area contributed by atoms with Crippen LogP contribution in [0.25, 0.3) is 11.0 Å². The molecule has 78 valence electrons. The molecule has 1 heterocycles. The summed E-state index contributed by atoms with van der Waals surface area (Å²) in [5, 5.41) is 0. The number of rotatable bonds is 1. The van der Waals surface area contributed by atoms with Crippen molar-refractivity contribution in [2.24, 2.45) is 0 Å². The van der Waals surface area contributed by atoms with E-state index in [9.17, 15) is 9.18 Å². The number of H-pyrrole nitrogens is 1. The summed E-state index contributed by atoms with van der Waals surface area (Å²) < 4.78 is 15.3. The first-order valence-electron chi connectivity index (χ1n) is 4.76. The van der Waals surface area contributed by atoms with Crippen LogP contribution in [0.4, 0.5) is 4.39 Å². The van der Waals surface area contributed by atoms with Gasteiger partial charge in [-0.3, -0.25) is 4.57 Å². The molecule has 1 N–H and O–H groups in total. The first kappa shape index (κ1) is 9.15. The third-order valence-electron chi connectivity index (χ3n) is 2.67. The van der Waals surface area contributed by atoms with Crippen molar-refractivity contribution < 1.29 is 4.39 Å². The Labute approximate surface area is 93.0 Å². The smallest absolute Gasteiger partial charge is 0.305 e. The van der Waals surface area contributed by atoms with E-state index in [1.165, 1.54) is 6.07 Å². The molecule has 0 unspecified atom stereocenters. The molecule has 1 aromatic heterocycles. The number of nitrogens with zero attached hydrogens (tertiary/aromatic N) is 1. The monoisotopic (exact) mass is 270 g/mol. The number of fused-ring (bicyclic) bond motifs is 1. The third-order valence-corrected chi connectivity index (χ3v) is 3.28. The lowest BCUT2D eigenvalue weighted by molar-refractivity contribution is 0.622. The van der Waals surface area contributed by atoms with Gasteiger partial charge in [-0.25, -0.2) is 9.18 Å². The van der Waals surface area contributed by atoms with E-state index in [2.05, 4.69) is 20.9 Å². The number of halogens is 2. The normalized spacial score (nSPS) is 16.1. The van der Waals surface area contributed by atoms with E-state index in [0.717, 1.165) is 18.4 Å². The summed E-state index contributed by atoms with van der Waals surface area (Å²) in [4.78, 5) is 14.3. The van der Waals surface area contributed by atoms with Gasteiger partial charge in [-0.2, -0.15) is 0 Å². The van der Waals surface area contributed by atoms with Crippen LogP contribution in [0, 0.1) is 5.82 Å². The van der Waals surface area contributed by atoms with E-state index in [0.29, 0.717) is 16.0 Å². The number of hydrogen-bond donors (Lipinski definition) is 1. The summed E-state index contributed by atoms with van der Waals surface area (Å²) in [6, 6.07) is 3.30. The molecule has 1 aliphatic rings. The summed E-state index contributed by atoms with van der Waals surface area (Å²) in [6.45, 7) is 0. The SMILES string of the molecule is O=c1[nH]c2cc(F)c(Br)cc2n1C1CC1. The lowest BCUT2D eigenvalue weighted by atomic mass is 10.3. The summed E-state index contributed by atoms with van der Waals surface area (Å²) in [5.41, 5.74) is 1.19. The Hall–Kier alpha value is -1.10. The van der Waals surface area contributed by atoms with Gasteiger partial charge in [0, 0.05) is 12.1 Å². The molecular weight excluding hydrogens is 263 g/mol. The van der Waals surface area contributed by atoms with Crippen LogP contribution in [0.2, 0.25) is 0 Å². The second kappa shape index (κ2) is 2.95. The molecule has 0 atom stereocenters. The highest BCUT2D eigenvalue weighted by molar-refractivity contribution is 9.10. The van der Waals surface area contributed by atoms with E-state index in [4.69, 9.17) is 0 Å². The minimum atomic E-state index is -0.355. The van der Waals surface area contributed by atoms with Crippen molar-refractivity contribution in [2.45, 2.75) is 18.9 Å². The maximum Gasteiger partial charge on any atom is 0.326 e. The summed E-state index contributed by atoms with van der Waals surface area (Å²) in [5.74, 6) is -0.355. The van der Waals surface area contributed by atoms with Crippen LogP contribution in [-0.4, -0.2) is 9.55 Å². The van der Waals surface area contributed by atoms with Crippen molar-refractivity contribution >= 4 is 27.0 Å². The first-order valence-corrected chi connectivity index (χ1v) is 5.55. The largest absolute Gasteiger partial charge is 0.326 e. The number of hydrogen-bond acceptors (Lipinski definition) is 1. The average molecular weight is 271 g/mol. The standard InChI is InChI=1S/C10H8BrFN2O/c11-6-3-9-8(4-7(6)12)13-10(15)14(9)5-1-2-5/h3-5H,1-2H2,(H,13,15). The summed E-state index contributed by atoms with van der Waals surface area (Å²) in [7, 11) is 0. The van der Waals surface area contributed by atoms with Crippen molar-refractivity contribution in [3.05, 3.63) is 32.9 Å². The molecule has 15 heavy (non-hydrogen) atoms.